The number of nitrogens with zero attached hydrogens (tertiary/aromatic N) is 2. The Bertz CT molecular complexity index is 1080. The fourth-order valence-corrected chi connectivity index (χ4v) is 3.63. The number of aromatic nitrogens is 1. The molecule has 38 heavy (non-hydrogen) atoms. The Kier molecular flexibility index (Phi) is 17.0. The Hall–Kier alpha value is -3.29. The van der Waals surface area contributed by atoms with Gasteiger partial charge < -0.3 is 10.4 Å². The fourth-order valence-electron chi connectivity index (χ4n) is 3.63. The van der Waals surface area contributed by atoms with Crippen molar-refractivity contribution in [3.05, 3.63) is 72.0 Å². The number of pyridine rings is 1. The quantitative estimate of drug-likeness (QED) is 0.211. The smallest absolute Gasteiger partial charge is 0.260 e. The number of aliphatic imine (C=N–C) groups is 1. The van der Waals surface area contributed by atoms with Crippen molar-refractivity contribution in [1.82, 2.24) is 15.8 Å². The summed E-state index contributed by atoms with van der Waals surface area (Å²) in [6.07, 6.45) is 17.5. The van der Waals surface area contributed by atoms with Crippen LogP contribution in [0.1, 0.15) is 71.9 Å². The van der Waals surface area contributed by atoms with E-state index in [1.165, 1.54) is 25.5 Å². The first-order valence-corrected chi connectivity index (χ1v) is 13.5. The highest BCUT2D eigenvalue weighted by molar-refractivity contribution is 5.99. The number of aromatic hydroxyl groups is 1. The van der Waals surface area contributed by atoms with E-state index in [1.807, 2.05) is 25.1 Å². The molecule has 1 aliphatic rings. The zero-order chi connectivity index (χ0) is 28.2. The van der Waals surface area contributed by atoms with Gasteiger partial charge in [-0.3, -0.25) is 14.6 Å². The van der Waals surface area contributed by atoms with Crippen molar-refractivity contribution >= 4 is 22.5 Å². The third kappa shape index (κ3) is 12.8. The number of fused-ring (bicyclic) bond motifs is 1. The van der Waals surface area contributed by atoms with Crippen molar-refractivity contribution in [2.45, 2.75) is 72.3 Å². The molecule has 1 aromatic carbocycles. The number of hydrogen-bond donors (Lipinski definition) is 3. The summed E-state index contributed by atoms with van der Waals surface area (Å²) in [7, 11) is 3.17. The van der Waals surface area contributed by atoms with E-state index < -0.39 is 0 Å². The van der Waals surface area contributed by atoms with Gasteiger partial charge in [0.25, 0.3) is 5.91 Å². The van der Waals surface area contributed by atoms with Gasteiger partial charge in [-0.15, -0.1) is 0 Å². The summed E-state index contributed by atoms with van der Waals surface area (Å²) in [6, 6.07) is 9.15. The first kappa shape index (κ1) is 32.7. The molecule has 3 N–H and O–H groups in total. The number of benzene rings is 1. The first-order chi connectivity index (χ1) is 18.4. The molecule has 0 saturated carbocycles. The molecule has 0 aliphatic carbocycles. The number of amides is 1. The Balaban J connectivity index is 0.000000290. The third-order valence-electron chi connectivity index (χ3n) is 5.82. The van der Waals surface area contributed by atoms with Crippen molar-refractivity contribution in [2.75, 3.05) is 20.7 Å². The number of rotatable bonds is 8. The largest absolute Gasteiger partial charge is 0.506 e. The van der Waals surface area contributed by atoms with Crippen LogP contribution in [0.2, 0.25) is 0 Å². The van der Waals surface area contributed by atoms with E-state index in [0.29, 0.717) is 5.52 Å². The molecule has 0 bridgehead atoms. The van der Waals surface area contributed by atoms with Crippen LogP contribution in [0.3, 0.4) is 0 Å². The molecule has 3 rings (SSSR count). The lowest BCUT2D eigenvalue weighted by Gasteiger charge is -2.21. The van der Waals surface area contributed by atoms with Gasteiger partial charge in [-0.2, -0.15) is 0 Å². The average molecular weight is 523 g/mol. The molecule has 0 spiro atoms. The van der Waals surface area contributed by atoms with Gasteiger partial charge in [0.05, 0.1) is 24.6 Å². The summed E-state index contributed by atoms with van der Waals surface area (Å²) >= 11 is 0. The lowest BCUT2D eigenvalue weighted by atomic mass is 10.1. The highest BCUT2D eigenvalue weighted by Gasteiger charge is 2.19. The molecule has 1 amide bonds. The molecule has 7 heteroatoms. The van der Waals surface area contributed by atoms with Crippen molar-refractivity contribution < 1.29 is 14.7 Å². The minimum atomic E-state index is -0.0628. The van der Waals surface area contributed by atoms with E-state index in [4.69, 9.17) is 0 Å². The molecule has 1 aliphatic heterocycles. The van der Waals surface area contributed by atoms with E-state index in [-0.39, 0.29) is 17.7 Å². The molecule has 0 radical (unpaired) electrons. The van der Waals surface area contributed by atoms with Gasteiger partial charge in [-0.05, 0) is 58.2 Å². The lowest BCUT2D eigenvalue weighted by Crippen LogP contribution is -2.46. The summed E-state index contributed by atoms with van der Waals surface area (Å²) in [5.74, 6) is 0.144. The predicted molar refractivity (Wildman–Crippen MR) is 160 cm³/mol. The van der Waals surface area contributed by atoms with Crippen LogP contribution in [-0.2, 0) is 9.63 Å². The molecule has 1 atom stereocenters. The van der Waals surface area contributed by atoms with Crippen molar-refractivity contribution in [1.29, 1.82) is 0 Å². The highest BCUT2D eigenvalue weighted by Crippen LogP contribution is 2.22. The minimum absolute atomic E-state index is 0.0521. The summed E-state index contributed by atoms with van der Waals surface area (Å²) in [5.41, 5.74) is 5.94. The van der Waals surface area contributed by atoms with Gasteiger partial charge >= 0.3 is 0 Å². The maximum atomic E-state index is 11.1. The number of para-hydroxylation sites is 1. The van der Waals surface area contributed by atoms with Crippen LogP contribution in [-0.4, -0.2) is 48.5 Å². The van der Waals surface area contributed by atoms with Crippen LogP contribution >= 0.6 is 0 Å². The molecule has 1 aromatic heterocycles. The van der Waals surface area contributed by atoms with E-state index in [1.54, 1.807) is 19.2 Å². The van der Waals surface area contributed by atoms with Crippen LogP contribution in [0.25, 0.3) is 10.9 Å². The van der Waals surface area contributed by atoms with Gasteiger partial charge in [-0.25, -0.2) is 10.5 Å². The monoisotopic (exact) mass is 522 g/mol. The summed E-state index contributed by atoms with van der Waals surface area (Å²) < 4.78 is 0. The van der Waals surface area contributed by atoms with Crippen LogP contribution in [0, 0.1) is 0 Å². The molecule has 208 valence electrons. The zero-order valence-electron chi connectivity index (χ0n) is 24.0. The number of phenols is 1. The number of allylic oxidation sites excluding steroid dienone is 6. The van der Waals surface area contributed by atoms with Gasteiger partial charge in [-0.1, -0.05) is 80.8 Å². The molecule has 2 aromatic rings. The number of hydroxylamine groups is 1. The second-order valence-corrected chi connectivity index (χ2v) is 8.96. The number of piperidine rings is 1. The Labute approximate surface area is 228 Å². The van der Waals surface area contributed by atoms with E-state index in [9.17, 15) is 9.90 Å². The standard InChI is InChI=1S/C12H12N2O.C12H20.C7H14N2O2/c1-8(13-2)10-7-6-9-4-3-5-11(15)12(9)14-10;1-4-6-7-8-9-11-12(3)10-5-2;1-11-9-7(10)6-4-2-3-5-8-6/h3-7,15H,1-2H3;7-11H,4-6H2,1-3H3;6,8H,2-5H2,1H3,(H,9,10)/b;8-7-,11-9-,12-10+;/t;;6-/m..0/s1. The Morgan fingerprint density at radius 3 is 2.63 bits per heavy atom. The highest BCUT2D eigenvalue weighted by atomic mass is 16.6. The first-order valence-electron chi connectivity index (χ1n) is 13.5. The maximum Gasteiger partial charge on any atom is 0.260 e. The summed E-state index contributed by atoms with van der Waals surface area (Å²) in [6.45, 7) is 9.31. The molecular formula is C31H46N4O3. The van der Waals surface area contributed by atoms with E-state index in [2.05, 4.69) is 76.8 Å². The number of unbranched alkanes of at least 4 members (excludes halogenated alkanes) is 1. The minimum Gasteiger partial charge on any atom is -0.506 e. The lowest BCUT2D eigenvalue weighted by molar-refractivity contribution is -0.134. The second-order valence-electron chi connectivity index (χ2n) is 8.96. The number of carbonyl (C=O) groups excluding carboxylic acids is 1. The molecule has 1 saturated heterocycles. The van der Waals surface area contributed by atoms with Crippen molar-refractivity contribution in [2.24, 2.45) is 4.99 Å². The summed E-state index contributed by atoms with van der Waals surface area (Å²) in [5, 5.41) is 13.7. The Morgan fingerprint density at radius 1 is 1.21 bits per heavy atom. The SMILES string of the molecule is CC/C=C(C)/C=C\C=C/CCC.CN=C(C)c1ccc2cccc(O)c2n1.CONC(=O)[C@@H]1CCCCN1. The zero-order valence-corrected chi connectivity index (χ0v) is 24.0. The number of hydrogen-bond acceptors (Lipinski definition) is 6. The van der Waals surface area contributed by atoms with Gasteiger partial charge in [0.1, 0.15) is 11.3 Å². The third-order valence-corrected chi connectivity index (χ3v) is 5.82. The van der Waals surface area contributed by atoms with Gasteiger partial charge in [0.15, 0.2) is 0 Å². The molecular weight excluding hydrogens is 476 g/mol. The van der Waals surface area contributed by atoms with E-state index in [0.717, 1.165) is 49.0 Å². The topological polar surface area (TPSA) is 95.8 Å². The maximum absolute atomic E-state index is 11.1. The predicted octanol–water partition coefficient (Wildman–Crippen LogP) is 6.44. The van der Waals surface area contributed by atoms with Crippen molar-refractivity contribution in [3.63, 3.8) is 0 Å². The molecule has 2 heterocycles. The van der Waals surface area contributed by atoms with Crippen LogP contribution < -0.4 is 10.8 Å². The van der Waals surface area contributed by atoms with Crippen LogP contribution in [0.15, 0.2) is 71.3 Å². The van der Waals surface area contributed by atoms with Crippen molar-refractivity contribution in [3.8, 4) is 5.75 Å². The van der Waals surface area contributed by atoms with Crippen LogP contribution in [0.5, 0.6) is 5.75 Å². The van der Waals surface area contributed by atoms with Gasteiger partial charge in [0, 0.05) is 12.4 Å². The second kappa shape index (κ2) is 19.8. The molecule has 7 nitrogen and oxygen atoms in total. The van der Waals surface area contributed by atoms with E-state index >= 15 is 0 Å². The number of carbonyl (C=O) groups is 1. The normalized spacial score (nSPS) is 16.1. The number of phenolic OH excluding ortho intramolecular Hbond substituents is 1. The Morgan fingerprint density at radius 2 is 2.00 bits per heavy atom. The van der Waals surface area contributed by atoms with Gasteiger partial charge in [0.2, 0.25) is 0 Å². The summed E-state index contributed by atoms with van der Waals surface area (Å²) in [4.78, 5) is 24.0. The molecule has 0 unspecified atom stereocenters. The fraction of sp³-hybridized carbons (Fsp3) is 0.452. The van der Waals surface area contributed by atoms with Crippen LogP contribution in [0.4, 0.5) is 0 Å². The average Bonchev–Trinajstić information content (AvgIpc) is 2.94. The molecule has 1 fully saturated rings. The number of nitrogens with one attached hydrogen (secondary N) is 2.